The molecule has 1 saturated heterocycles. The maximum absolute atomic E-state index is 12.4. The lowest BCUT2D eigenvalue weighted by Crippen LogP contribution is -2.42. The summed E-state index contributed by atoms with van der Waals surface area (Å²) in [7, 11) is -1.57. The molecule has 2 rings (SSSR count). The summed E-state index contributed by atoms with van der Waals surface area (Å²) in [6.07, 6.45) is 3.17. The van der Waals surface area contributed by atoms with Crippen molar-refractivity contribution in [3.8, 4) is 0 Å². The Morgan fingerprint density at radius 2 is 2.16 bits per heavy atom. The highest BCUT2D eigenvalue weighted by Crippen LogP contribution is 2.22. The van der Waals surface area contributed by atoms with Gasteiger partial charge < -0.3 is 14.9 Å². The van der Waals surface area contributed by atoms with Crippen LogP contribution in [0.1, 0.15) is 36.5 Å². The van der Waals surface area contributed by atoms with Gasteiger partial charge in [-0.3, -0.25) is 4.79 Å². The van der Waals surface area contributed by atoms with Gasteiger partial charge in [0.15, 0.2) is 0 Å². The average Bonchev–Trinajstić information content (AvgIpc) is 2.38. The quantitative estimate of drug-likeness (QED) is 0.796. The van der Waals surface area contributed by atoms with E-state index in [0.717, 1.165) is 25.8 Å². The Morgan fingerprint density at radius 3 is 2.74 bits per heavy atom. The van der Waals surface area contributed by atoms with Crippen LogP contribution in [0.5, 0.6) is 0 Å². The molecule has 0 unspecified atom stereocenters. The molecule has 1 amide bonds. The first-order valence-corrected chi connectivity index (χ1v) is 6.85. The van der Waals surface area contributed by atoms with E-state index in [2.05, 4.69) is 0 Å². The minimum absolute atomic E-state index is 0.0869. The van der Waals surface area contributed by atoms with Crippen LogP contribution in [0.3, 0.4) is 0 Å². The number of halogens is 1. The molecule has 6 heteroatoms. The average molecular weight is 282 g/mol. The number of rotatable bonds is 2. The van der Waals surface area contributed by atoms with Crippen LogP contribution in [0.2, 0.25) is 5.02 Å². The molecule has 0 aromatic heterocycles. The van der Waals surface area contributed by atoms with E-state index in [-0.39, 0.29) is 22.4 Å². The summed E-state index contributed by atoms with van der Waals surface area (Å²) >= 11 is 6.07. The summed E-state index contributed by atoms with van der Waals surface area (Å²) in [5.41, 5.74) is 0.702. The Hall–Kier alpha value is -1.04. The highest BCUT2D eigenvalue weighted by atomic mass is 35.5. The number of nitrogens with zero attached hydrogens (tertiary/aromatic N) is 1. The number of carbonyl (C=O) groups excluding carboxylic acids is 1. The van der Waals surface area contributed by atoms with Crippen molar-refractivity contribution in [2.24, 2.45) is 0 Å². The molecule has 1 aromatic rings. The van der Waals surface area contributed by atoms with Crippen molar-refractivity contribution in [2.75, 3.05) is 6.54 Å². The second-order valence-electron chi connectivity index (χ2n) is 4.96. The lowest BCUT2D eigenvalue weighted by Gasteiger charge is -2.33. The molecule has 0 spiro atoms. The van der Waals surface area contributed by atoms with E-state index in [9.17, 15) is 4.79 Å². The van der Waals surface area contributed by atoms with Gasteiger partial charge >= 0.3 is 7.12 Å². The minimum Gasteiger partial charge on any atom is -0.423 e. The molecule has 1 aliphatic heterocycles. The third-order valence-corrected chi connectivity index (χ3v) is 3.90. The molecule has 19 heavy (non-hydrogen) atoms. The summed E-state index contributed by atoms with van der Waals surface area (Å²) in [4.78, 5) is 14.3. The molecule has 1 atom stereocenters. The minimum atomic E-state index is -1.57. The lowest BCUT2D eigenvalue weighted by atomic mass is 9.80. The van der Waals surface area contributed by atoms with Gasteiger partial charge in [0.2, 0.25) is 0 Å². The largest absolute Gasteiger partial charge is 0.488 e. The zero-order valence-corrected chi connectivity index (χ0v) is 11.6. The van der Waals surface area contributed by atoms with Gasteiger partial charge in [0.25, 0.3) is 5.91 Å². The van der Waals surface area contributed by atoms with Gasteiger partial charge in [-0.15, -0.1) is 0 Å². The van der Waals surface area contributed by atoms with Gasteiger partial charge in [0.1, 0.15) is 0 Å². The third kappa shape index (κ3) is 3.11. The van der Waals surface area contributed by atoms with Crippen LogP contribution in [0.4, 0.5) is 0 Å². The number of piperidine rings is 1. The maximum Gasteiger partial charge on any atom is 0.488 e. The van der Waals surface area contributed by atoms with E-state index >= 15 is 0 Å². The predicted molar refractivity (Wildman–Crippen MR) is 75.6 cm³/mol. The summed E-state index contributed by atoms with van der Waals surface area (Å²) in [6.45, 7) is 2.79. The van der Waals surface area contributed by atoms with Gasteiger partial charge in [-0.25, -0.2) is 0 Å². The Bertz CT molecular complexity index is 481. The lowest BCUT2D eigenvalue weighted by molar-refractivity contribution is 0.0636. The third-order valence-electron chi connectivity index (χ3n) is 3.59. The first kappa shape index (κ1) is 14.4. The molecular weight excluding hydrogens is 264 g/mol. The molecular formula is C13H17BClNO3. The first-order chi connectivity index (χ1) is 9.00. The molecule has 0 saturated carbocycles. The molecule has 0 radical (unpaired) electrons. The fourth-order valence-corrected chi connectivity index (χ4v) is 2.69. The SMILES string of the molecule is C[C@H]1CCCCN1C(=O)c1ccc(B(O)O)cc1Cl. The number of carbonyl (C=O) groups is 1. The zero-order chi connectivity index (χ0) is 14.0. The first-order valence-electron chi connectivity index (χ1n) is 6.47. The van der Waals surface area contributed by atoms with E-state index in [1.807, 2.05) is 11.8 Å². The molecule has 0 bridgehead atoms. The fraction of sp³-hybridized carbons (Fsp3) is 0.462. The van der Waals surface area contributed by atoms with Crippen molar-refractivity contribution in [1.29, 1.82) is 0 Å². The topological polar surface area (TPSA) is 60.8 Å². The Labute approximate surface area is 118 Å². The molecule has 2 N–H and O–H groups in total. The van der Waals surface area contributed by atoms with Gasteiger partial charge in [-0.1, -0.05) is 17.7 Å². The van der Waals surface area contributed by atoms with E-state index < -0.39 is 7.12 Å². The monoisotopic (exact) mass is 281 g/mol. The van der Waals surface area contributed by atoms with Crippen molar-refractivity contribution in [2.45, 2.75) is 32.2 Å². The van der Waals surface area contributed by atoms with Crippen LogP contribution in [-0.2, 0) is 0 Å². The number of likely N-dealkylation sites (tertiary alicyclic amines) is 1. The number of amides is 1. The standard InChI is InChI=1S/C13H17BClNO3/c1-9-4-2-3-7-16(9)13(17)11-6-5-10(14(18)19)8-12(11)15/h5-6,8-9,18-19H,2-4,7H2,1H3/t9-/m0/s1. The highest BCUT2D eigenvalue weighted by Gasteiger charge is 2.26. The van der Waals surface area contributed by atoms with E-state index in [4.69, 9.17) is 21.6 Å². The van der Waals surface area contributed by atoms with E-state index in [1.54, 1.807) is 6.07 Å². The van der Waals surface area contributed by atoms with Crippen molar-refractivity contribution >= 4 is 30.1 Å². The second kappa shape index (κ2) is 5.95. The van der Waals surface area contributed by atoms with Crippen molar-refractivity contribution in [3.05, 3.63) is 28.8 Å². The number of hydrogen-bond donors (Lipinski definition) is 2. The summed E-state index contributed by atoms with van der Waals surface area (Å²) < 4.78 is 0. The molecule has 4 nitrogen and oxygen atoms in total. The molecule has 102 valence electrons. The number of hydrogen-bond acceptors (Lipinski definition) is 3. The van der Waals surface area contributed by atoms with E-state index in [0.29, 0.717) is 5.56 Å². The smallest absolute Gasteiger partial charge is 0.423 e. The van der Waals surface area contributed by atoms with Crippen LogP contribution in [0.25, 0.3) is 0 Å². The van der Waals surface area contributed by atoms with E-state index in [1.165, 1.54) is 12.1 Å². The Morgan fingerprint density at radius 1 is 1.42 bits per heavy atom. The van der Waals surface area contributed by atoms with Gasteiger partial charge in [0.05, 0.1) is 10.6 Å². The molecule has 1 fully saturated rings. The summed E-state index contributed by atoms with van der Waals surface area (Å²) in [6, 6.07) is 4.72. The van der Waals surface area contributed by atoms with Crippen LogP contribution >= 0.6 is 11.6 Å². The zero-order valence-electron chi connectivity index (χ0n) is 10.8. The van der Waals surface area contributed by atoms with Crippen LogP contribution < -0.4 is 5.46 Å². The summed E-state index contributed by atoms with van der Waals surface area (Å²) in [5, 5.41) is 18.4. The van der Waals surface area contributed by atoms with Crippen molar-refractivity contribution in [1.82, 2.24) is 4.90 Å². The summed E-state index contributed by atoms with van der Waals surface area (Å²) in [5.74, 6) is -0.0869. The van der Waals surface area contributed by atoms with Crippen LogP contribution in [-0.4, -0.2) is 40.6 Å². The normalized spacial score (nSPS) is 19.4. The maximum atomic E-state index is 12.4. The predicted octanol–water partition coefficient (Wildman–Crippen LogP) is 1.03. The van der Waals surface area contributed by atoms with Crippen LogP contribution in [0, 0.1) is 0 Å². The molecule has 1 aromatic carbocycles. The second-order valence-corrected chi connectivity index (χ2v) is 5.36. The molecule has 0 aliphatic carbocycles. The molecule has 1 heterocycles. The van der Waals surface area contributed by atoms with Gasteiger partial charge in [-0.05, 0) is 43.8 Å². The van der Waals surface area contributed by atoms with Crippen molar-refractivity contribution < 1.29 is 14.8 Å². The highest BCUT2D eigenvalue weighted by molar-refractivity contribution is 6.59. The van der Waals surface area contributed by atoms with Crippen LogP contribution in [0.15, 0.2) is 18.2 Å². The van der Waals surface area contributed by atoms with Crippen molar-refractivity contribution in [3.63, 3.8) is 0 Å². The number of benzene rings is 1. The Balaban J connectivity index is 2.23. The molecule has 1 aliphatic rings. The van der Waals surface area contributed by atoms with Gasteiger partial charge in [0, 0.05) is 12.6 Å². The fourth-order valence-electron chi connectivity index (χ4n) is 2.42. The Kier molecular flexibility index (Phi) is 4.50. The van der Waals surface area contributed by atoms with Gasteiger partial charge in [-0.2, -0.15) is 0 Å².